The number of benzene rings is 1. The molecule has 0 N–H and O–H groups in total. The Hall–Kier alpha value is -1.56. The van der Waals surface area contributed by atoms with Crippen molar-refractivity contribution in [3.63, 3.8) is 0 Å². The van der Waals surface area contributed by atoms with Gasteiger partial charge in [-0.05, 0) is 52.3 Å². The molecule has 2 aromatic rings. The molecular formula is C17H22BrN3O2. The normalized spacial score (nSPS) is 18.7. The Morgan fingerprint density at radius 2 is 2.13 bits per heavy atom. The summed E-state index contributed by atoms with van der Waals surface area (Å²) in [5.41, 5.74) is 1.63. The maximum Gasteiger partial charge on any atom is 0.410 e. The second-order valence-corrected chi connectivity index (χ2v) is 7.95. The number of ether oxygens (including phenoxy) is 1. The average molecular weight is 380 g/mol. The van der Waals surface area contributed by atoms with Gasteiger partial charge in [0.25, 0.3) is 0 Å². The molecule has 1 atom stereocenters. The summed E-state index contributed by atoms with van der Waals surface area (Å²) in [7, 11) is 0. The minimum Gasteiger partial charge on any atom is -0.444 e. The summed E-state index contributed by atoms with van der Waals surface area (Å²) in [5, 5.41) is 0. The molecule has 1 aromatic heterocycles. The van der Waals surface area contributed by atoms with E-state index in [1.807, 2.05) is 39.8 Å². The highest BCUT2D eigenvalue weighted by Crippen LogP contribution is 2.30. The molecule has 2 heterocycles. The van der Waals surface area contributed by atoms with Crippen molar-refractivity contribution in [2.75, 3.05) is 13.1 Å². The molecule has 0 spiro atoms. The Morgan fingerprint density at radius 3 is 2.83 bits per heavy atom. The van der Waals surface area contributed by atoms with Crippen molar-refractivity contribution in [2.45, 2.75) is 45.8 Å². The van der Waals surface area contributed by atoms with Crippen LogP contribution in [0.2, 0.25) is 0 Å². The van der Waals surface area contributed by atoms with Crippen LogP contribution in [0.5, 0.6) is 0 Å². The van der Waals surface area contributed by atoms with E-state index in [9.17, 15) is 4.79 Å². The number of carbonyl (C=O) groups is 1. The van der Waals surface area contributed by atoms with Gasteiger partial charge in [-0.3, -0.25) is 0 Å². The highest BCUT2D eigenvalue weighted by Gasteiger charge is 2.32. The van der Waals surface area contributed by atoms with Crippen molar-refractivity contribution in [1.29, 1.82) is 0 Å². The Labute approximate surface area is 144 Å². The van der Waals surface area contributed by atoms with Gasteiger partial charge in [-0.15, -0.1) is 0 Å². The van der Waals surface area contributed by atoms with Gasteiger partial charge in [0.15, 0.2) is 0 Å². The standard InChI is InChI=1S/C17H22BrN3O2/c1-11-19-14-6-5-12(18)9-15(14)21(11)13-7-8-20(10-13)16(22)23-17(2,3)4/h5-6,9,13H,7-8,10H2,1-4H3/t13-/m0/s1. The first-order valence-electron chi connectivity index (χ1n) is 7.86. The summed E-state index contributed by atoms with van der Waals surface area (Å²) in [5.74, 6) is 0.981. The maximum atomic E-state index is 12.3. The number of fused-ring (bicyclic) bond motifs is 1. The summed E-state index contributed by atoms with van der Waals surface area (Å²) in [4.78, 5) is 18.7. The molecule has 0 unspecified atom stereocenters. The lowest BCUT2D eigenvalue weighted by molar-refractivity contribution is 0.0289. The zero-order valence-corrected chi connectivity index (χ0v) is 15.6. The summed E-state index contributed by atoms with van der Waals surface area (Å²) in [6, 6.07) is 6.34. The predicted octanol–water partition coefficient (Wildman–Crippen LogP) is 4.29. The fraction of sp³-hybridized carbons (Fsp3) is 0.529. The fourth-order valence-electron chi connectivity index (χ4n) is 3.09. The molecule has 1 amide bonds. The lowest BCUT2D eigenvalue weighted by Crippen LogP contribution is -2.35. The van der Waals surface area contributed by atoms with Gasteiger partial charge in [-0.2, -0.15) is 0 Å². The molecule has 23 heavy (non-hydrogen) atoms. The van der Waals surface area contributed by atoms with E-state index in [1.165, 1.54) is 0 Å². The molecule has 1 aliphatic heterocycles. The second kappa shape index (κ2) is 5.82. The van der Waals surface area contributed by atoms with Crippen molar-refractivity contribution in [2.24, 2.45) is 0 Å². The number of aryl methyl sites for hydroxylation is 1. The number of halogens is 1. The van der Waals surface area contributed by atoms with E-state index in [-0.39, 0.29) is 12.1 Å². The van der Waals surface area contributed by atoms with Crippen molar-refractivity contribution in [3.05, 3.63) is 28.5 Å². The van der Waals surface area contributed by atoms with Gasteiger partial charge in [0.2, 0.25) is 0 Å². The Kier molecular flexibility index (Phi) is 4.12. The summed E-state index contributed by atoms with van der Waals surface area (Å²) in [6.45, 7) is 9.07. The number of rotatable bonds is 1. The van der Waals surface area contributed by atoms with Crippen LogP contribution in [0, 0.1) is 6.92 Å². The molecule has 5 nitrogen and oxygen atoms in total. The van der Waals surface area contributed by atoms with Crippen LogP contribution in [-0.4, -0.2) is 39.2 Å². The quantitative estimate of drug-likeness (QED) is 0.742. The molecule has 124 valence electrons. The first kappa shape index (κ1) is 16.3. The second-order valence-electron chi connectivity index (χ2n) is 7.03. The van der Waals surface area contributed by atoms with Crippen molar-refractivity contribution < 1.29 is 9.53 Å². The third-order valence-corrected chi connectivity index (χ3v) is 4.50. The number of carbonyl (C=O) groups excluding carboxylic acids is 1. The largest absolute Gasteiger partial charge is 0.444 e. The molecule has 3 rings (SSSR count). The molecule has 0 saturated carbocycles. The Morgan fingerprint density at radius 1 is 1.39 bits per heavy atom. The number of aromatic nitrogens is 2. The zero-order valence-electron chi connectivity index (χ0n) is 14.0. The van der Waals surface area contributed by atoms with Gasteiger partial charge in [-0.1, -0.05) is 15.9 Å². The van der Waals surface area contributed by atoms with E-state index in [0.717, 1.165) is 27.8 Å². The van der Waals surface area contributed by atoms with Crippen molar-refractivity contribution in [3.8, 4) is 0 Å². The topological polar surface area (TPSA) is 47.4 Å². The van der Waals surface area contributed by atoms with E-state index in [4.69, 9.17) is 4.74 Å². The number of imidazole rings is 1. The SMILES string of the molecule is Cc1nc2ccc(Br)cc2n1[C@H]1CCN(C(=O)OC(C)(C)C)C1. The van der Waals surface area contributed by atoms with Crippen LogP contribution >= 0.6 is 15.9 Å². The molecule has 1 aliphatic rings. The van der Waals surface area contributed by atoms with Crippen LogP contribution in [0.15, 0.2) is 22.7 Å². The van der Waals surface area contributed by atoms with Crippen molar-refractivity contribution in [1.82, 2.24) is 14.5 Å². The number of amides is 1. The minimum atomic E-state index is -0.461. The zero-order chi connectivity index (χ0) is 16.8. The van der Waals surface area contributed by atoms with Gasteiger partial charge < -0.3 is 14.2 Å². The first-order chi connectivity index (χ1) is 10.7. The molecule has 1 saturated heterocycles. The molecule has 6 heteroatoms. The molecule has 1 aromatic carbocycles. The molecule has 0 aliphatic carbocycles. The van der Waals surface area contributed by atoms with Crippen LogP contribution in [0.25, 0.3) is 11.0 Å². The van der Waals surface area contributed by atoms with Gasteiger partial charge in [0.1, 0.15) is 11.4 Å². The summed E-state index contributed by atoms with van der Waals surface area (Å²) in [6.07, 6.45) is 0.682. The van der Waals surface area contributed by atoms with E-state index >= 15 is 0 Å². The third kappa shape index (κ3) is 3.37. The van der Waals surface area contributed by atoms with E-state index in [2.05, 4.69) is 31.5 Å². The summed E-state index contributed by atoms with van der Waals surface area (Å²) >= 11 is 3.53. The lowest BCUT2D eigenvalue weighted by atomic mass is 10.2. The van der Waals surface area contributed by atoms with Gasteiger partial charge in [-0.25, -0.2) is 9.78 Å². The van der Waals surface area contributed by atoms with Crippen LogP contribution < -0.4 is 0 Å². The predicted molar refractivity (Wildman–Crippen MR) is 93.6 cm³/mol. The van der Waals surface area contributed by atoms with Gasteiger partial charge in [0, 0.05) is 17.6 Å². The van der Waals surface area contributed by atoms with E-state index < -0.39 is 5.60 Å². The summed E-state index contributed by atoms with van der Waals surface area (Å²) < 4.78 is 8.75. The Bertz CT molecular complexity index is 748. The lowest BCUT2D eigenvalue weighted by Gasteiger charge is -2.24. The Balaban J connectivity index is 1.83. The van der Waals surface area contributed by atoms with E-state index in [0.29, 0.717) is 13.1 Å². The highest BCUT2D eigenvalue weighted by molar-refractivity contribution is 9.10. The monoisotopic (exact) mass is 379 g/mol. The van der Waals surface area contributed by atoms with Crippen LogP contribution in [0.1, 0.15) is 39.1 Å². The fourth-order valence-corrected chi connectivity index (χ4v) is 3.44. The smallest absolute Gasteiger partial charge is 0.410 e. The van der Waals surface area contributed by atoms with Gasteiger partial charge >= 0.3 is 6.09 Å². The van der Waals surface area contributed by atoms with Gasteiger partial charge in [0.05, 0.1) is 17.1 Å². The van der Waals surface area contributed by atoms with Crippen molar-refractivity contribution >= 4 is 33.1 Å². The molecule has 1 fully saturated rings. The first-order valence-corrected chi connectivity index (χ1v) is 8.66. The number of likely N-dealkylation sites (tertiary alicyclic amines) is 1. The number of nitrogens with zero attached hydrogens (tertiary/aromatic N) is 3. The average Bonchev–Trinajstić information content (AvgIpc) is 3.00. The molecule has 0 radical (unpaired) electrons. The molecular weight excluding hydrogens is 358 g/mol. The number of hydrogen-bond donors (Lipinski definition) is 0. The minimum absolute atomic E-state index is 0.233. The highest BCUT2D eigenvalue weighted by atomic mass is 79.9. The van der Waals surface area contributed by atoms with Crippen LogP contribution in [-0.2, 0) is 4.74 Å². The van der Waals surface area contributed by atoms with E-state index in [1.54, 1.807) is 4.90 Å². The molecule has 0 bridgehead atoms. The maximum absolute atomic E-state index is 12.3. The number of hydrogen-bond acceptors (Lipinski definition) is 3. The van der Waals surface area contributed by atoms with Crippen LogP contribution in [0.4, 0.5) is 4.79 Å². The van der Waals surface area contributed by atoms with Crippen LogP contribution in [0.3, 0.4) is 0 Å². The third-order valence-electron chi connectivity index (χ3n) is 4.01.